The summed E-state index contributed by atoms with van der Waals surface area (Å²) in [7, 11) is -3.68. The molecule has 0 bridgehead atoms. The summed E-state index contributed by atoms with van der Waals surface area (Å²) in [4.78, 5) is -0.0504. The summed E-state index contributed by atoms with van der Waals surface area (Å²) >= 11 is 0. The Balaban J connectivity index is 0. The highest BCUT2D eigenvalue weighted by molar-refractivity contribution is 7.85. The quantitative estimate of drug-likeness (QED) is 0.0820. The van der Waals surface area contributed by atoms with E-state index < -0.39 is 10.1 Å². The Kier molecular flexibility index (Phi) is 27.9. The molecule has 0 heterocycles. The molecule has 0 atom stereocenters. The van der Waals surface area contributed by atoms with Crippen LogP contribution in [0.15, 0.2) is 23.1 Å². The maximum Gasteiger partial charge on any atom is 0.294 e. The predicted octanol–water partition coefficient (Wildman–Crippen LogP) is 11.3. The van der Waals surface area contributed by atoms with E-state index in [-0.39, 0.29) is 11.0 Å². The number of aryl methyl sites for hydroxylation is 2. The van der Waals surface area contributed by atoms with Crippen LogP contribution in [0.25, 0.3) is 0 Å². The Bertz CT molecular complexity index is 717. The summed E-state index contributed by atoms with van der Waals surface area (Å²) in [5.74, 6) is 0. The van der Waals surface area contributed by atoms with Crippen molar-refractivity contribution in [2.75, 3.05) is 18.5 Å². The van der Waals surface area contributed by atoms with Gasteiger partial charge in [0.1, 0.15) is 0 Å². The van der Waals surface area contributed by atoms with Crippen LogP contribution in [0, 0.1) is 13.8 Å². The minimum Gasteiger partial charge on any atom is -0.344 e. The van der Waals surface area contributed by atoms with Crippen molar-refractivity contribution in [1.29, 1.82) is 0 Å². The maximum absolute atomic E-state index is 10.7. The van der Waals surface area contributed by atoms with Gasteiger partial charge in [0.15, 0.2) is 0 Å². The van der Waals surface area contributed by atoms with E-state index in [1.807, 2.05) is 6.92 Å². The van der Waals surface area contributed by atoms with Crippen molar-refractivity contribution < 1.29 is 13.0 Å². The van der Waals surface area contributed by atoms with Crippen LogP contribution in [0.3, 0.4) is 0 Å². The summed E-state index contributed by atoms with van der Waals surface area (Å²) in [5, 5.41) is 0. The Labute approximate surface area is 239 Å². The molecule has 4 nitrogen and oxygen atoms in total. The molecule has 6 heteroatoms. The average molecular weight is 574 g/mol. The summed E-state index contributed by atoms with van der Waals surface area (Å²) in [6, 6.07) is 4.50. The van der Waals surface area contributed by atoms with Crippen molar-refractivity contribution in [3.63, 3.8) is 0 Å². The number of hydrogen-bond acceptors (Lipinski definition) is 3. The zero-order valence-corrected chi connectivity index (χ0v) is 27.6. The lowest BCUT2D eigenvalue weighted by Crippen LogP contribution is -1.98. The van der Waals surface area contributed by atoms with Crippen LogP contribution in [-0.2, 0) is 10.1 Å². The van der Waals surface area contributed by atoms with E-state index in [2.05, 4.69) is 20.8 Å². The van der Waals surface area contributed by atoms with Crippen molar-refractivity contribution in [2.45, 2.75) is 155 Å². The lowest BCUT2D eigenvalue weighted by Gasteiger charge is -2.18. The molecule has 0 saturated heterocycles. The van der Waals surface area contributed by atoms with Crippen molar-refractivity contribution >= 4 is 18.0 Å². The van der Waals surface area contributed by atoms with E-state index in [9.17, 15) is 8.42 Å². The van der Waals surface area contributed by atoms with Crippen molar-refractivity contribution in [1.82, 2.24) is 6.15 Å². The Hall–Kier alpha value is -0.480. The molecule has 4 N–H and O–H groups in total. The third-order valence-corrected chi connectivity index (χ3v) is 11.0. The molecule has 1 rings (SSSR count). The fourth-order valence-corrected chi connectivity index (χ4v) is 7.81. The molecule has 1 aromatic carbocycles. The van der Waals surface area contributed by atoms with Gasteiger partial charge < -0.3 is 6.15 Å². The first-order valence-electron chi connectivity index (χ1n) is 15.5. The molecule has 0 aliphatic carbocycles. The van der Waals surface area contributed by atoms with E-state index in [1.54, 1.807) is 31.5 Å². The summed E-state index contributed by atoms with van der Waals surface area (Å²) < 4.78 is 30.0. The van der Waals surface area contributed by atoms with Crippen LogP contribution >= 0.6 is 7.92 Å². The summed E-state index contributed by atoms with van der Waals surface area (Å²) in [5.41, 5.74) is 1.85. The first-order valence-corrected chi connectivity index (χ1v) is 18.9. The molecule has 38 heavy (non-hydrogen) atoms. The van der Waals surface area contributed by atoms with E-state index in [0.717, 1.165) is 11.1 Å². The standard InChI is InChI=1S/C24H51P.C8H10O3S.H3N/c1-4-7-10-13-16-19-22-25(23-20-17-14-11-8-5-2)24-21-18-15-12-9-6-3;1-6-3-4-8(5-7(6)2)12(9,10)11;/h4-24H2,1-3H3;3-5H,1-2H3,(H,9,10,11);1H3. The molecule has 0 saturated carbocycles. The third kappa shape index (κ3) is 23.4. The van der Waals surface area contributed by atoms with E-state index in [4.69, 9.17) is 4.55 Å². The van der Waals surface area contributed by atoms with Gasteiger partial charge in [-0.1, -0.05) is 123 Å². The van der Waals surface area contributed by atoms with Crippen LogP contribution < -0.4 is 6.15 Å². The van der Waals surface area contributed by atoms with Crippen molar-refractivity contribution in [3.8, 4) is 0 Å². The van der Waals surface area contributed by atoms with Crippen LogP contribution in [0.5, 0.6) is 0 Å². The van der Waals surface area contributed by atoms with E-state index in [1.165, 1.54) is 128 Å². The van der Waals surface area contributed by atoms with E-state index >= 15 is 0 Å². The topological polar surface area (TPSA) is 89.4 Å². The molecule has 0 aliphatic heterocycles. The van der Waals surface area contributed by atoms with Gasteiger partial charge >= 0.3 is 0 Å². The first-order chi connectivity index (χ1) is 17.8. The fraction of sp³-hybridized carbons (Fsp3) is 0.812. The second-order valence-electron chi connectivity index (χ2n) is 10.9. The molecule has 0 unspecified atom stereocenters. The summed E-state index contributed by atoms with van der Waals surface area (Å²) in [6.45, 7) is 10.6. The lowest BCUT2D eigenvalue weighted by molar-refractivity contribution is 0.483. The van der Waals surface area contributed by atoms with Gasteiger partial charge in [-0.25, -0.2) is 0 Å². The third-order valence-electron chi connectivity index (χ3n) is 7.26. The van der Waals surface area contributed by atoms with Crippen LogP contribution in [-0.4, -0.2) is 31.5 Å². The van der Waals surface area contributed by atoms with Gasteiger partial charge in [0, 0.05) is 0 Å². The van der Waals surface area contributed by atoms with E-state index in [0.29, 0.717) is 7.92 Å². The van der Waals surface area contributed by atoms with Crippen molar-refractivity contribution in [2.24, 2.45) is 0 Å². The molecular weight excluding hydrogens is 509 g/mol. The molecule has 0 aliphatic rings. The van der Waals surface area contributed by atoms with Gasteiger partial charge in [0.25, 0.3) is 10.1 Å². The largest absolute Gasteiger partial charge is 0.344 e. The molecule has 0 spiro atoms. The second-order valence-corrected chi connectivity index (χ2v) is 15.0. The normalized spacial score (nSPS) is 11.2. The van der Waals surface area contributed by atoms with Gasteiger partial charge in [-0.15, -0.1) is 7.92 Å². The van der Waals surface area contributed by atoms with Gasteiger partial charge in [0.2, 0.25) is 0 Å². The average Bonchev–Trinajstić information content (AvgIpc) is 2.86. The van der Waals surface area contributed by atoms with Crippen molar-refractivity contribution in [3.05, 3.63) is 29.3 Å². The monoisotopic (exact) mass is 573 g/mol. The highest BCUT2D eigenvalue weighted by atomic mass is 32.2. The minimum absolute atomic E-state index is 0. The zero-order chi connectivity index (χ0) is 27.8. The van der Waals surface area contributed by atoms with Gasteiger partial charge in [-0.2, -0.15) is 8.42 Å². The van der Waals surface area contributed by atoms with Gasteiger partial charge in [-0.3, -0.25) is 4.55 Å². The van der Waals surface area contributed by atoms with Crippen LogP contribution in [0.1, 0.15) is 147 Å². The maximum atomic E-state index is 10.7. The number of unbranched alkanes of at least 4 members (excludes halogenated alkanes) is 15. The van der Waals surface area contributed by atoms with Crippen LogP contribution in [0.2, 0.25) is 0 Å². The zero-order valence-electron chi connectivity index (χ0n) is 25.9. The number of rotatable bonds is 22. The Morgan fingerprint density at radius 2 is 0.921 bits per heavy atom. The second kappa shape index (κ2) is 26.7. The Morgan fingerprint density at radius 1 is 0.579 bits per heavy atom. The highest BCUT2D eigenvalue weighted by Crippen LogP contribution is 2.39. The molecule has 226 valence electrons. The molecule has 0 aromatic heterocycles. The predicted molar refractivity (Wildman–Crippen MR) is 172 cm³/mol. The molecular formula is C32H64NO3PS. The first kappa shape index (κ1) is 39.7. The Morgan fingerprint density at radius 3 is 1.24 bits per heavy atom. The molecule has 0 amide bonds. The SMILES string of the molecule is CCCCCCCCP(CCCCCCCC)CCCCCCCC.Cc1ccc(S(=O)(=O)O)cc1C.N. The molecule has 0 fully saturated rings. The smallest absolute Gasteiger partial charge is 0.294 e. The lowest BCUT2D eigenvalue weighted by atomic mass is 10.1. The fourth-order valence-electron chi connectivity index (χ4n) is 4.56. The number of benzene rings is 1. The van der Waals surface area contributed by atoms with Gasteiger partial charge in [0.05, 0.1) is 4.90 Å². The van der Waals surface area contributed by atoms with Gasteiger partial charge in [-0.05, 0) is 74.9 Å². The highest BCUT2D eigenvalue weighted by Gasteiger charge is 2.09. The van der Waals surface area contributed by atoms with Crippen LogP contribution in [0.4, 0.5) is 0 Å². The molecule has 1 aromatic rings. The number of hydrogen-bond donors (Lipinski definition) is 2. The summed E-state index contributed by atoms with van der Waals surface area (Å²) in [6.07, 6.45) is 31.2. The minimum atomic E-state index is -4.04. The molecule has 0 radical (unpaired) electrons.